The third-order valence-corrected chi connectivity index (χ3v) is 5.46. The number of ether oxygens (including phenoxy) is 3. The van der Waals surface area contributed by atoms with Crippen molar-refractivity contribution in [3.05, 3.63) is 65.7 Å². The molecule has 1 aliphatic rings. The van der Waals surface area contributed by atoms with Crippen LogP contribution in [-0.4, -0.2) is 26.4 Å². The van der Waals surface area contributed by atoms with Gasteiger partial charge in [0.1, 0.15) is 0 Å². The highest BCUT2D eigenvalue weighted by Gasteiger charge is 2.39. The Balaban J connectivity index is 2.24. The quantitative estimate of drug-likeness (QED) is 0.812. The molecule has 0 bridgehead atoms. The summed E-state index contributed by atoms with van der Waals surface area (Å²) in [5.74, 6) is 2.01. The van der Waals surface area contributed by atoms with E-state index in [2.05, 4.69) is 19.6 Å². The minimum atomic E-state index is -0.507. The zero-order chi connectivity index (χ0) is 18.8. The number of hydrogen-bond acceptors (Lipinski definition) is 4. The van der Waals surface area contributed by atoms with Crippen molar-refractivity contribution in [2.75, 3.05) is 21.3 Å². The normalized spacial score (nSPS) is 24.5. The molecular weight excluding hydrogens is 328 g/mol. The van der Waals surface area contributed by atoms with Crippen molar-refractivity contribution in [1.29, 1.82) is 0 Å². The Hall–Kier alpha value is -2.46. The molecular formula is C22H26O4. The first-order valence-corrected chi connectivity index (χ1v) is 8.76. The van der Waals surface area contributed by atoms with Gasteiger partial charge < -0.3 is 19.3 Å². The number of rotatable bonds is 5. The number of aliphatic hydroxyl groups is 1. The van der Waals surface area contributed by atoms with Crippen LogP contribution in [0.4, 0.5) is 0 Å². The minimum absolute atomic E-state index is 0.0477. The molecule has 2 aromatic carbocycles. The van der Waals surface area contributed by atoms with Crippen molar-refractivity contribution >= 4 is 0 Å². The molecule has 1 N–H and O–H groups in total. The molecule has 4 atom stereocenters. The Morgan fingerprint density at radius 2 is 1.54 bits per heavy atom. The molecule has 4 heteroatoms. The van der Waals surface area contributed by atoms with Gasteiger partial charge in [-0.2, -0.15) is 0 Å². The Bertz CT molecular complexity index is 773. The molecule has 0 amide bonds. The maximum absolute atomic E-state index is 10.8. The van der Waals surface area contributed by atoms with Crippen LogP contribution in [0, 0.1) is 11.8 Å². The second-order valence-electron chi connectivity index (χ2n) is 6.68. The molecule has 3 rings (SSSR count). The predicted molar refractivity (Wildman–Crippen MR) is 102 cm³/mol. The molecule has 0 heterocycles. The molecule has 0 spiro atoms. The van der Waals surface area contributed by atoms with E-state index >= 15 is 0 Å². The number of methoxy groups -OCH3 is 3. The molecule has 0 saturated carbocycles. The molecule has 1 aliphatic carbocycles. The highest BCUT2D eigenvalue weighted by molar-refractivity contribution is 5.57. The number of aliphatic hydroxyl groups excluding tert-OH is 1. The van der Waals surface area contributed by atoms with Gasteiger partial charge in [0.25, 0.3) is 0 Å². The Labute approximate surface area is 155 Å². The van der Waals surface area contributed by atoms with Gasteiger partial charge >= 0.3 is 0 Å². The standard InChI is InChI=1S/C22H26O4/c1-6-15-13(2)21(23)17-10-8-7-9-16(17)20(15)14-11-18(24-3)22(26-5)19(12-14)25-4/h6-13,15,20-21,23H,1H2,2-5H3/t13-,15+,20-,21-/m0/s1. The van der Waals surface area contributed by atoms with Gasteiger partial charge in [-0.15, -0.1) is 6.58 Å². The van der Waals surface area contributed by atoms with Crippen molar-refractivity contribution in [2.24, 2.45) is 11.8 Å². The molecule has 0 radical (unpaired) electrons. The fraction of sp³-hybridized carbons (Fsp3) is 0.364. The van der Waals surface area contributed by atoms with Crippen LogP contribution in [0.3, 0.4) is 0 Å². The summed E-state index contributed by atoms with van der Waals surface area (Å²) in [5.41, 5.74) is 3.13. The van der Waals surface area contributed by atoms with Crippen LogP contribution in [0.2, 0.25) is 0 Å². The molecule has 2 aromatic rings. The van der Waals surface area contributed by atoms with Crippen LogP contribution in [0.15, 0.2) is 49.1 Å². The predicted octanol–water partition coefficient (Wildman–Crippen LogP) is 4.33. The highest BCUT2D eigenvalue weighted by Crippen LogP contribution is 2.51. The maximum atomic E-state index is 10.8. The van der Waals surface area contributed by atoms with Crippen molar-refractivity contribution in [2.45, 2.75) is 18.9 Å². The van der Waals surface area contributed by atoms with E-state index in [4.69, 9.17) is 14.2 Å². The van der Waals surface area contributed by atoms with Crippen LogP contribution in [0.25, 0.3) is 0 Å². The average Bonchev–Trinajstić information content (AvgIpc) is 2.69. The zero-order valence-corrected chi connectivity index (χ0v) is 15.7. The largest absolute Gasteiger partial charge is 0.493 e. The second kappa shape index (κ2) is 7.42. The van der Waals surface area contributed by atoms with E-state index in [0.717, 1.165) is 16.7 Å². The Morgan fingerprint density at radius 3 is 2.04 bits per heavy atom. The number of allylic oxidation sites excluding steroid dienone is 1. The van der Waals surface area contributed by atoms with Gasteiger partial charge in [-0.3, -0.25) is 0 Å². The van der Waals surface area contributed by atoms with E-state index < -0.39 is 6.10 Å². The number of fused-ring (bicyclic) bond motifs is 1. The van der Waals surface area contributed by atoms with E-state index in [1.165, 1.54) is 0 Å². The Morgan fingerprint density at radius 1 is 0.962 bits per heavy atom. The van der Waals surface area contributed by atoms with E-state index in [1.54, 1.807) is 21.3 Å². The molecule has 0 aliphatic heterocycles. The van der Waals surface area contributed by atoms with E-state index in [1.807, 2.05) is 36.4 Å². The lowest BCUT2D eigenvalue weighted by Gasteiger charge is -2.40. The van der Waals surface area contributed by atoms with Gasteiger partial charge in [-0.05, 0) is 40.7 Å². The third kappa shape index (κ3) is 2.84. The van der Waals surface area contributed by atoms with Crippen molar-refractivity contribution in [1.82, 2.24) is 0 Å². The molecule has 26 heavy (non-hydrogen) atoms. The van der Waals surface area contributed by atoms with Gasteiger partial charge in [0, 0.05) is 5.92 Å². The first-order chi connectivity index (χ1) is 12.6. The van der Waals surface area contributed by atoms with Crippen LogP contribution >= 0.6 is 0 Å². The van der Waals surface area contributed by atoms with E-state index in [-0.39, 0.29) is 17.8 Å². The van der Waals surface area contributed by atoms with Gasteiger partial charge in [0.15, 0.2) is 11.5 Å². The number of benzene rings is 2. The summed E-state index contributed by atoms with van der Waals surface area (Å²) in [6.07, 6.45) is 1.44. The lowest BCUT2D eigenvalue weighted by molar-refractivity contribution is 0.0775. The molecule has 0 aromatic heterocycles. The molecule has 0 unspecified atom stereocenters. The fourth-order valence-corrected chi connectivity index (χ4v) is 4.10. The molecule has 4 nitrogen and oxygen atoms in total. The summed E-state index contributed by atoms with van der Waals surface area (Å²) in [6, 6.07) is 12.0. The van der Waals surface area contributed by atoms with Crippen molar-refractivity contribution in [3.8, 4) is 17.2 Å². The summed E-state index contributed by atoms with van der Waals surface area (Å²) in [6.45, 7) is 6.11. The van der Waals surface area contributed by atoms with Crippen molar-refractivity contribution in [3.63, 3.8) is 0 Å². The van der Waals surface area contributed by atoms with Gasteiger partial charge in [0.2, 0.25) is 5.75 Å². The van der Waals surface area contributed by atoms with Crippen LogP contribution < -0.4 is 14.2 Å². The first kappa shape index (κ1) is 18.3. The third-order valence-electron chi connectivity index (χ3n) is 5.46. The van der Waals surface area contributed by atoms with E-state index in [0.29, 0.717) is 17.2 Å². The lowest BCUT2D eigenvalue weighted by atomic mass is 9.66. The smallest absolute Gasteiger partial charge is 0.203 e. The van der Waals surface area contributed by atoms with Crippen molar-refractivity contribution < 1.29 is 19.3 Å². The van der Waals surface area contributed by atoms with Gasteiger partial charge in [0.05, 0.1) is 27.4 Å². The monoisotopic (exact) mass is 354 g/mol. The van der Waals surface area contributed by atoms with Gasteiger partial charge in [-0.1, -0.05) is 37.3 Å². The number of hydrogen-bond donors (Lipinski definition) is 1. The highest BCUT2D eigenvalue weighted by atomic mass is 16.5. The average molecular weight is 354 g/mol. The summed E-state index contributed by atoms with van der Waals surface area (Å²) in [5, 5.41) is 10.8. The second-order valence-corrected chi connectivity index (χ2v) is 6.68. The molecule has 0 saturated heterocycles. The minimum Gasteiger partial charge on any atom is -0.493 e. The fourth-order valence-electron chi connectivity index (χ4n) is 4.10. The topological polar surface area (TPSA) is 47.9 Å². The Kier molecular flexibility index (Phi) is 5.23. The molecule has 0 fully saturated rings. The summed E-state index contributed by atoms with van der Waals surface area (Å²) < 4.78 is 16.5. The first-order valence-electron chi connectivity index (χ1n) is 8.76. The SMILES string of the molecule is C=C[C@H]1[C@H](c2cc(OC)c(OC)c(OC)c2)c2ccccc2[C@@H](O)[C@H]1C. The lowest BCUT2D eigenvalue weighted by Crippen LogP contribution is -2.31. The summed E-state index contributed by atoms with van der Waals surface area (Å²) in [7, 11) is 4.83. The van der Waals surface area contributed by atoms with E-state index in [9.17, 15) is 5.11 Å². The van der Waals surface area contributed by atoms with Gasteiger partial charge in [-0.25, -0.2) is 0 Å². The summed E-state index contributed by atoms with van der Waals surface area (Å²) in [4.78, 5) is 0. The van der Waals surface area contributed by atoms with Crippen LogP contribution in [0.1, 0.15) is 35.6 Å². The zero-order valence-electron chi connectivity index (χ0n) is 15.7. The van der Waals surface area contributed by atoms with Crippen LogP contribution in [0.5, 0.6) is 17.2 Å². The van der Waals surface area contributed by atoms with Crippen LogP contribution in [-0.2, 0) is 0 Å². The summed E-state index contributed by atoms with van der Waals surface area (Å²) >= 11 is 0. The maximum Gasteiger partial charge on any atom is 0.203 e. The molecule has 138 valence electrons.